The summed E-state index contributed by atoms with van der Waals surface area (Å²) >= 11 is 1.01. The maximum atomic E-state index is 10.3. The molecule has 1 unspecified atom stereocenters. The first-order valence-corrected chi connectivity index (χ1v) is 3.37. The highest BCUT2D eigenvalue weighted by Crippen LogP contribution is 2.13. The summed E-state index contributed by atoms with van der Waals surface area (Å²) in [6, 6.07) is 0. The third-order valence-electron chi connectivity index (χ3n) is 1.06. The van der Waals surface area contributed by atoms with E-state index >= 15 is 0 Å². The third-order valence-corrected chi connectivity index (χ3v) is 1.83. The lowest BCUT2D eigenvalue weighted by Gasteiger charge is -1.95. The van der Waals surface area contributed by atoms with Crippen molar-refractivity contribution < 1.29 is 9.90 Å². The first-order valence-electron chi connectivity index (χ1n) is 2.59. The Labute approximate surface area is 60.9 Å². The van der Waals surface area contributed by atoms with E-state index in [1.54, 1.807) is 6.92 Å². The Morgan fingerprint density at radius 3 is 2.90 bits per heavy atom. The van der Waals surface area contributed by atoms with Gasteiger partial charge in [0.2, 0.25) is 0 Å². The Kier molecular flexibility index (Phi) is 1.91. The molecule has 0 saturated heterocycles. The summed E-state index contributed by atoms with van der Waals surface area (Å²) in [6.07, 6.45) is 0. The summed E-state index contributed by atoms with van der Waals surface area (Å²) in [5.41, 5.74) is 0. The highest BCUT2D eigenvalue weighted by molar-refractivity contribution is 7.05. The van der Waals surface area contributed by atoms with Gasteiger partial charge in [0.15, 0.2) is 5.01 Å². The molecule has 0 aliphatic heterocycles. The molecule has 1 aromatic rings. The van der Waals surface area contributed by atoms with Gasteiger partial charge in [-0.2, -0.15) is 0 Å². The highest BCUT2D eigenvalue weighted by Gasteiger charge is 2.16. The average molecular weight is 159 g/mol. The summed E-state index contributed by atoms with van der Waals surface area (Å²) in [5, 5.41) is 15.7. The normalized spacial score (nSPS) is 12.9. The van der Waals surface area contributed by atoms with Gasteiger partial charge in [0.05, 0.1) is 0 Å². The van der Waals surface area contributed by atoms with Crippen LogP contribution in [-0.2, 0) is 4.79 Å². The summed E-state index contributed by atoms with van der Waals surface area (Å²) < 4.78 is 3.44. The number of hydrogen-bond acceptors (Lipinski definition) is 5. The van der Waals surface area contributed by atoms with Gasteiger partial charge < -0.3 is 5.11 Å². The molecular formula is C4H5N3O2S. The van der Waals surface area contributed by atoms with Gasteiger partial charge in [0.25, 0.3) is 0 Å². The molecule has 54 valence electrons. The van der Waals surface area contributed by atoms with Crippen molar-refractivity contribution in [3.05, 3.63) is 5.01 Å². The summed E-state index contributed by atoms with van der Waals surface area (Å²) in [7, 11) is 0. The zero-order valence-electron chi connectivity index (χ0n) is 5.18. The molecular weight excluding hydrogens is 154 g/mol. The number of aliphatic carboxylic acids is 1. The Balaban J connectivity index is 2.77. The molecule has 1 N–H and O–H groups in total. The number of carboxylic acid groups (broad SMARTS) is 1. The lowest BCUT2D eigenvalue weighted by Crippen LogP contribution is -2.06. The van der Waals surface area contributed by atoms with Gasteiger partial charge in [-0.15, -0.1) is 5.10 Å². The van der Waals surface area contributed by atoms with Gasteiger partial charge in [0.1, 0.15) is 5.92 Å². The van der Waals surface area contributed by atoms with E-state index in [9.17, 15) is 4.79 Å². The Morgan fingerprint density at radius 1 is 1.80 bits per heavy atom. The van der Waals surface area contributed by atoms with Crippen molar-refractivity contribution in [1.29, 1.82) is 0 Å². The molecule has 0 aliphatic rings. The molecule has 0 aromatic carbocycles. The van der Waals surface area contributed by atoms with E-state index in [2.05, 4.69) is 14.8 Å². The van der Waals surface area contributed by atoms with Gasteiger partial charge in [-0.05, 0) is 12.1 Å². The lowest BCUT2D eigenvalue weighted by molar-refractivity contribution is -0.138. The van der Waals surface area contributed by atoms with Crippen LogP contribution in [0.15, 0.2) is 0 Å². The Hall–Kier alpha value is -1.04. The molecule has 0 saturated carbocycles. The van der Waals surface area contributed by atoms with Crippen LogP contribution in [0.25, 0.3) is 0 Å². The second-order valence-corrected chi connectivity index (χ2v) is 2.52. The van der Waals surface area contributed by atoms with Crippen LogP contribution in [0.5, 0.6) is 0 Å². The summed E-state index contributed by atoms with van der Waals surface area (Å²) in [6.45, 7) is 1.55. The predicted molar refractivity (Wildman–Crippen MR) is 33.8 cm³/mol. The van der Waals surface area contributed by atoms with Crippen LogP contribution in [-0.4, -0.2) is 25.9 Å². The van der Waals surface area contributed by atoms with E-state index in [0.717, 1.165) is 11.5 Å². The predicted octanol–water partition coefficient (Wildman–Crippen LogP) is 0.121. The molecule has 5 nitrogen and oxygen atoms in total. The van der Waals surface area contributed by atoms with Crippen LogP contribution in [0.2, 0.25) is 0 Å². The molecule has 1 rings (SSSR count). The first-order chi connectivity index (χ1) is 4.72. The largest absolute Gasteiger partial charge is 0.481 e. The number of aromatic nitrogens is 3. The second kappa shape index (κ2) is 2.70. The molecule has 1 heterocycles. The van der Waals surface area contributed by atoms with E-state index in [0.29, 0.717) is 5.01 Å². The molecule has 1 atom stereocenters. The summed E-state index contributed by atoms with van der Waals surface area (Å²) in [4.78, 5) is 10.3. The number of hydrogen-bond donors (Lipinski definition) is 1. The van der Waals surface area contributed by atoms with E-state index < -0.39 is 11.9 Å². The van der Waals surface area contributed by atoms with Gasteiger partial charge in [-0.1, -0.05) is 4.49 Å². The molecule has 0 amide bonds. The van der Waals surface area contributed by atoms with Crippen molar-refractivity contribution in [1.82, 2.24) is 14.8 Å². The van der Waals surface area contributed by atoms with Crippen LogP contribution in [0.1, 0.15) is 17.8 Å². The van der Waals surface area contributed by atoms with Crippen molar-refractivity contribution in [3.63, 3.8) is 0 Å². The molecule has 0 fully saturated rings. The van der Waals surface area contributed by atoms with Gasteiger partial charge in [0, 0.05) is 11.5 Å². The van der Waals surface area contributed by atoms with Crippen LogP contribution in [0, 0.1) is 0 Å². The number of rotatable bonds is 2. The minimum absolute atomic E-state index is 0.438. The Morgan fingerprint density at radius 2 is 2.50 bits per heavy atom. The monoisotopic (exact) mass is 159 g/mol. The maximum Gasteiger partial charge on any atom is 0.313 e. The van der Waals surface area contributed by atoms with Crippen LogP contribution >= 0.6 is 11.5 Å². The molecule has 0 bridgehead atoms. The van der Waals surface area contributed by atoms with E-state index in [-0.39, 0.29) is 0 Å². The molecule has 0 aliphatic carbocycles. The van der Waals surface area contributed by atoms with Gasteiger partial charge in [-0.25, -0.2) is 0 Å². The van der Waals surface area contributed by atoms with E-state index in [4.69, 9.17) is 5.11 Å². The van der Waals surface area contributed by atoms with Gasteiger partial charge in [-0.3, -0.25) is 4.79 Å². The lowest BCUT2D eigenvalue weighted by atomic mass is 10.2. The average Bonchev–Trinajstić information content (AvgIpc) is 2.36. The second-order valence-electron chi connectivity index (χ2n) is 1.76. The SMILES string of the molecule is CC(C(=O)O)c1nnns1. The fourth-order valence-electron chi connectivity index (χ4n) is 0.412. The number of carbonyl (C=O) groups is 1. The molecule has 6 heteroatoms. The van der Waals surface area contributed by atoms with Crippen LogP contribution < -0.4 is 0 Å². The fourth-order valence-corrected chi connectivity index (χ4v) is 0.901. The summed E-state index contributed by atoms with van der Waals surface area (Å²) in [5.74, 6) is -1.50. The van der Waals surface area contributed by atoms with Gasteiger partial charge >= 0.3 is 5.97 Å². The van der Waals surface area contributed by atoms with E-state index in [1.807, 2.05) is 0 Å². The highest BCUT2D eigenvalue weighted by atomic mass is 32.1. The third kappa shape index (κ3) is 1.27. The maximum absolute atomic E-state index is 10.3. The minimum Gasteiger partial charge on any atom is -0.481 e. The zero-order chi connectivity index (χ0) is 7.56. The number of nitrogens with zero attached hydrogens (tertiary/aromatic N) is 3. The van der Waals surface area contributed by atoms with Crippen molar-refractivity contribution in [2.45, 2.75) is 12.8 Å². The quantitative estimate of drug-likeness (QED) is 0.663. The van der Waals surface area contributed by atoms with Crippen molar-refractivity contribution >= 4 is 17.5 Å². The smallest absolute Gasteiger partial charge is 0.313 e. The van der Waals surface area contributed by atoms with Crippen molar-refractivity contribution in [2.75, 3.05) is 0 Å². The molecule has 1 aromatic heterocycles. The number of carboxylic acids is 1. The standard InChI is InChI=1S/C4H5N3O2S/c1-2(4(8)9)3-5-6-7-10-3/h2H,1H3,(H,8,9). The fraction of sp³-hybridized carbons (Fsp3) is 0.500. The molecule has 0 spiro atoms. The first kappa shape index (κ1) is 7.07. The minimum atomic E-state index is -0.904. The van der Waals surface area contributed by atoms with Crippen LogP contribution in [0.3, 0.4) is 0 Å². The topological polar surface area (TPSA) is 76.0 Å². The van der Waals surface area contributed by atoms with Crippen molar-refractivity contribution in [3.8, 4) is 0 Å². The zero-order valence-corrected chi connectivity index (χ0v) is 6.00. The molecule has 10 heavy (non-hydrogen) atoms. The van der Waals surface area contributed by atoms with Crippen molar-refractivity contribution in [2.24, 2.45) is 0 Å². The molecule has 0 radical (unpaired) electrons. The Bertz CT molecular complexity index is 222. The van der Waals surface area contributed by atoms with E-state index in [1.165, 1.54) is 0 Å². The van der Waals surface area contributed by atoms with Crippen LogP contribution in [0.4, 0.5) is 0 Å².